The summed E-state index contributed by atoms with van der Waals surface area (Å²) in [4.78, 5) is 14.3. The zero-order valence-corrected chi connectivity index (χ0v) is 11.6. The minimum Gasteiger partial charge on any atom is -0.388 e. The van der Waals surface area contributed by atoms with E-state index in [9.17, 15) is 9.90 Å². The topological polar surface area (TPSA) is 69.3 Å². The van der Waals surface area contributed by atoms with Gasteiger partial charge in [0.2, 0.25) is 0 Å². The van der Waals surface area contributed by atoms with Crippen LogP contribution in [0.25, 0.3) is 0 Å². The molecule has 5 nitrogen and oxygen atoms in total. The molecule has 1 N–H and O–H groups in total. The molecule has 1 aliphatic rings. The van der Waals surface area contributed by atoms with Crippen LogP contribution in [-0.4, -0.2) is 38.7 Å². The molecule has 1 fully saturated rings. The molecule has 0 aromatic carbocycles. The predicted octanol–water partition coefficient (Wildman–Crippen LogP) is 1.27. The number of rotatable bonds is 2. The van der Waals surface area contributed by atoms with Crippen molar-refractivity contribution >= 4 is 5.91 Å². The Morgan fingerprint density at radius 3 is 2.79 bits per heavy atom. The van der Waals surface area contributed by atoms with Gasteiger partial charge in [0.1, 0.15) is 11.8 Å². The molecule has 19 heavy (non-hydrogen) atoms. The Hall–Kier alpha value is -1.80. The van der Waals surface area contributed by atoms with Gasteiger partial charge in [-0.3, -0.25) is 4.79 Å². The predicted molar refractivity (Wildman–Crippen MR) is 70.5 cm³/mol. The van der Waals surface area contributed by atoms with Crippen LogP contribution in [0.1, 0.15) is 42.7 Å². The molecule has 2 heterocycles. The SMILES string of the molecule is Cn1cc(C#N)cc1C(=O)N1CCC[C@@H]1C(C)(C)O. The summed E-state index contributed by atoms with van der Waals surface area (Å²) < 4.78 is 1.67. The van der Waals surface area contributed by atoms with E-state index in [1.54, 1.807) is 42.6 Å². The van der Waals surface area contributed by atoms with Crippen molar-refractivity contribution in [2.24, 2.45) is 7.05 Å². The van der Waals surface area contributed by atoms with Crippen molar-refractivity contribution in [1.29, 1.82) is 5.26 Å². The molecule has 1 amide bonds. The van der Waals surface area contributed by atoms with Crippen LogP contribution in [0.2, 0.25) is 0 Å². The number of aliphatic hydroxyl groups is 1. The van der Waals surface area contributed by atoms with Gasteiger partial charge in [0.25, 0.3) is 5.91 Å². The Morgan fingerprint density at radius 2 is 2.26 bits per heavy atom. The van der Waals surface area contributed by atoms with Gasteiger partial charge in [-0.15, -0.1) is 0 Å². The summed E-state index contributed by atoms with van der Waals surface area (Å²) in [5, 5.41) is 19.0. The molecule has 0 spiro atoms. The van der Waals surface area contributed by atoms with Gasteiger partial charge in [-0.25, -0.2) is 0 Å². The third-order valence-corrected chi connectivity index (χ3v) is 3.68. The van der Waals surface area contributed by atoms with Crippen LogP contribution in [0.3, 0.4) is 0 Å². The molecule has 0 saturated carbocycles. The van der Waals surface area contributed by atoms with Crippen LogP contribution >= 0.6 is 0 Å². The zero-order chi connectivity index (χ0) is 14.2. The lowest BCUT2D eigenvalue weighted by molar-refractivity contribution is -0.0000174. The van der Waals surface area contributed by atoms with Crippen molar-refractivity contribution in [3.63, 3.8) is 0 Å². The van der Waals surface area contributed by atoms with E-state index in [1.165, 1.54) is 0 Å². The summed E-state index contributed by atoms with van der Waals surface area (Å²) in [6.45, 7) is 4.12. The summed E-state index contributed by atoms with van der Waals surface area (Å²) in [5.74, 6) is -0.117. The Labute approximate surface area is 113 Å². The molecule has 1 aromatic rings. The number of carbonyl (C=O) groups is 1. The van der Waals surface area contributed by atoms with Crippen molar-refractivity contribution in [1.82, 2.24) is 9.47 Å². The highest BCUT2D eigenvalue weighted by Gasteiger charge is 2.39. The molecule has 102 valence electrons. The molecular formula is C14H19N3O2. The maximum Gasteiger partial charge on any atom is 0.270 e. The average Bonchev–Trinajstić information content (AvgIpc) is 2.93. The van der Waals surface area contributed by atoms with Gasteiger partial charge >= 0.3 is 0 Å². The van der Waals surface area contributed by atoms with Crippen LogP contribution in [0.4, 0.5) is 0 Å². The van der Waals surface area contributed by atoms with Gasteiger partial charge in [-0.2, -0.15) is 5.26 Å². The lowest BCUT2D eigenvalue weighted by Gasteiger charge is -2.33. The first-order valence-corrected chi connectivity index (χ1v) is 6.44. The van der Waals surface area contributed by atoms with Crippen LogP contribution in [0.5, 0.6) is 0 Å². The normalized spacial score (nSPS) is 19.5. The highest BCUT2D eigenvalue weighted by Crippen LogP contribution is 2.28. The maximum absolute atomic E-state index is 12.5. The Balaban J connectivity index is 2.29. The number of hydrogen-bond donors (Lipinski definition) is 1. The molecule has 5 heteroatoms. The molecule has 1 aliphatic heterocycles. The summed E-state index contributed by atoms with van der Waals surface area (Å²) in [5.41, 5.74) is 0.0626. The fourth-order valence-corrected chi connectivity index (χ4v) is 2.73. The van der Waals surface area contributed by atoms with E-state index in [-0.39, 0.29) is 11.9 Å². The molecule has 1 aromatic heterocycles. The van der Waals surface area contributed by atoms with E-state index >= 15 is 0 Å². The van der Waals surface area contributed by atoms with Gasteiger partial charge in [-0.1, -0.05) is 0 Å². The smallest absolute Gasteiger partial charge is 0.270 e. The van der Waals surface area contributed by atoms with Gasteiger partial charge in [0, 0.05) is 19.8 Å². The van der Waals surface area contributed by atoms with Gasteiger partial charge < -0.3 is 14.6 Å². The molecule has 0 bridgehead atoms. The number of aromatic nitrogens is 1. The largest absolute Gasteiger partial charge is 0.388 e. The highest BCUT2D eigenvalue weighted by atomic mass is 16.3. The fraction of sp³-hybridized carbons (Fsp3) is 0.571. The van der Waals surface area contributed by atoms with E-state index in [0.29, 0.717) is 17.8 Å². The second-order valence-electron chi connectivity index (χ2n) is 5.65. The molecular weight excluding hydrogens is 242 g/mol. The number of hydrogen-bond acceptors (Lipinski definition) is 3. The van der Waals surface area contributed by atoms with E-state index in [0.717, 1.165) is 12.8 Å². The lowest BCUT2D eigenvalue weighted by atomic mass is 9.96. The van der Waals surface area contributed by atoms with Gasteiger partial charge in [0.15, 0.2) is 0 Å². The molecule has 0 aliphatic carbocycles. The Bertz CT molecular complexity index is 534. The second kappa shape index (κ2) is 4.71. The minimum absolute atomic E-state index is 0.117. The Kier molecular flexibility index (Phi) is 3.38. The third-order valence-electron chi connectivity index (χ3n) is 3.68. The number of nitrogens with zero attached hydrogens (tertiary/aromatic N) is 3. The van der Waals surface area contributed by atoms with E-state index in [1.807, 2.05) is 6.07 Å². The summed E-state index contributed by atoms with van der Waals surface area (Å²) in [7, 11) is 1.75. The third kappa shape index (κ3) is 2.49. The van der Waals surface area contributed by atoms with Crippen molar-refractivity contribution in [3.05, 3.63) is 23.5 Å². The number of amides is 1. The van der Waals surface area contributed by atoms with Crippen molar-refractivity contribution < 1.29 is 9.90 Å². The average molecular weight is 261 g/mol. The van der Waals surface area contributed by atoms with Gasteiger partial charge in [0.05, 0.1) is 17.2 Å². The monoisotopic (exact) mass is 261 g/mol. The van der Waals surface area contributed by atoms with Crippen LogP contribution in [0.15, 0.2) is 12.3 Å². The molecule has 2 rings (SSSR count). The molecule has 0 radical (unpaired) electrons. The lowest BCUT2D eigenvalue weighted by Crippen LogP contribution is -2.48. The fourth-order valence-electron chi connectivity index (χ4n) is 2.73. The summed E-state index contributed by atoms with van der Waals surface area (Å²) in [6, 6.07) is 3.47. The first-order chi connectivity index (χ1) is 8.84. The number of carbonyl (C=O) groups excluding carboxylic acids is 1. The van der Waals surface area contributed by atoms with Crippen LogP contribution < -0.4 is 0 Å². The second-order valence-corrected chi connectivity index (χ2v) is 5.65. The first-order valence-electron chi connectivity index (χ1n) is 6.44. The molecule has 1 atom stereocenters. The van der Waals surface area contributed by atoms with E-state index in [2.05, 4.69) is 0 Å². The number of aryl methyl sites for hydroxylation is 1. The summed E-state index contributed by atoms with van der Waals surface area (Å²) >= 11 is 0. The number of nitriles is 1. The molecule has 1 saturated heterocycles. The minimum atomic E-state index is -0.907. The zero-order valence-electron chi connectivity index (χ0n) is 11.6. The van der Waals surface area contributed by atoms with Crippen molar-refractivity contribution in [3.8, 4) is 6.07 Å². The van der Waals surface area contributed by atoms with Gasteiger partial charge in [-0.05, 0) is 32.8 Å². The van der Waals surface area contributed by atoms with Crippen molar-refractivity contribution in [2.75, 3.05) is 6.54 Å². The summed E-state index contributed by atoms with van der Waals surface area (Å²) in [6.07, 6.45) is 3.35. The standard InChI is InChI=1S/C14H19N3O2/c1-14(2,19)12-5-4-6-17(12)13(18)11-7-10(8-15)9-16(11)3/h7,9,12,19H,4-6H2,1-3H3/t12-/m1/s1. The van der Waals surface area contributed by atoms with Crippen LogP contribution in [0, 0.1) is 11.3 Å². The Morgan fingerprint density at radius 1 is 1.58 bits per heavy atom. The highest BCUT2D eigenvalue weighted by molar-refractivity contribution is 5.93. The van der Waals surface area contributed by atoms with Crippen molar-refractivity contribution in [2.45, 2.75) is 38.3 Å². The first kappa shape index (κ1) is 13.6. The molecule has 0 unspecified atom stereocenters. The van der Waals surface area contributed by atoms with E-state index in [4.69, 9.17) is 5.26 Å². The van der Waals surface area contributed by atoms with Crippen LogP contribution in [-0.2, 0) is 7.05 Å². The maximum atomic E-state index is 12.5. The van der Waals surface area contributed by atoms with E-state index < -0.39 is 5.60 Å². The quantitative estimate of drug-likeness (QED) is 0.871. The number of likely N-dealkylation sites (tertiary alicyclic amines) is 1.